The lowest BCUT2D eigenvalue weighted by Crippen LogP contribution is -2.16. The highest BCUT2D eigenvalue weighted by Crippen LogP contribution is 2.33. The first-order chi connectivity index (χ1) is 9.95. The molecule has 0 aliphatic rings. The van der Waals surface area contributed by atoms with Crippen LogP contribution < -0.4 is 9.47 Å². The molecule has 1 aromatic carbocycles. The van der Waals surface area contributed by atoms with Gasteiger partial charge in [0.2, 0.25) is 0 Å². The highest BCUT2D eigenvalue weighted by molar-refractivity contribution is 7.90. The monoisotopic (exact) mass is 310 g/mol. The van der Waals surface area contributed by atoms with Crippen molar-refractivity contribution < 1.29 is 17.9 Å². The van der Waals surface area contributed by atoms with Crippen LogP contribution in [0.1, 0.15) is 18.3 Å². The first-order valence-corrected chi connectivity index (χ1v) is 7.90. The molecule has 0 saturated carbocycles. The molecule has 7 heteroatoms. The summed E-state index contributed by atoms with van der Waals surface area (Å²) in [6.45, 7) is 3.67. The fourth-order valence-corrected chi connectivity index (χ4v) is 3.65. The van der Waals surface area contributed by atoms with Gasteiger partial charge < -0.3 is 9.47 Å². The minimum atomic E-state index is -3.78. The average Bonchev–Trinajstić information content (AvgIpc) is 2.95. The van der Waals surface area contributed by atoms with Gasteiger partial charge in [0.1, 0.15) is 22.2 Å². The molecule has 114 valence electrons. The van der Waals surface area contributed by atoms with Gasteiger partial charge in [-0.25, -0.2) is 17.4 Å². The second kappa shape index (κ2) is 5.77. The molecule has 1 heterocycles. The number of aryl methyl sites for hydroxylation is 2. The van der Waals surface area contributed by atoms with E-state index in [0.29, 0.717) is 18.0 Å². The standard InChI is InChI=1S/C14H18N2O4S/c1-5-14-15-6-7-16(14)21(17,18)13-9-11(19-3)10(2)8-12(13)20-4/h6-9H,5H2,1-4H3. The van der Waals surface area contributed by atoms with Crippen molar-refractivity contribution in [3.63, 3.8) is 0 Å². The molecule has 0 radical (unpaired) electrons. The fraction of sp³-hybridized carbons (Fsp3) is 0.357. The zero-order valence-corrected chi connectivity index (χ0v) is 13.3. The molecule has 0 unspecified atom stereocenters. The lowest BCUT2D eigenvalue weighted by molar-refractivity contribution is 0.390. The van der Waals surface area contributed by atoms with Crippen LogP contribution in [0.3, 0.4) is 0 Å². The van der Waals surface area contributed by atoms with Crippen molar-refractivity contribution in [2.75, 3.05) is 14.2 Å². The Hall–Kier alpha value is -2.02. The first kappa shape index (κ1) is 15.4. The van der Waals surface area contributed by atoms with Crippen molar-refractivity contribution in [3.8, 4) is 11.5 Å². The van der Waals surface area contributed by atoms with Gasteiger partial charge in [-0.2, -0.15) is 0 Å². The summed E-state index contributed by atoms with van der Waals surface area (Å²) in [7, 11) is -0.842. The van der Waals surface area contributed by atoms with E-state index >= 15 is 0 Å². The van der Waals surface area contributed by atoms with E-state index < -0.39 is 10.0 Å². The molecule has 0 amide bonds. The highest BCUT2D eigenvalue weighted by Gasteiger charge is 2.25. The number of hydrogen-bond acceptors (Lipinski definition) is 5. The van der Waals surface area contributed by atoms with E-state index in [1.807, 2.05) is 13.8 Å². The summed E-state index contributed by atoms with van der Waals surface area (Å²) in [5.74, 6) is 1.24. The van der Waals surface area contributed by atoms with E-state index in [0.717, 1.165) is 5.56 Å². The minimum Gasteiger partial charge on any atom is -0.496 e. The van der Waals surface area contributed by atoms with Crippen molar-refractivity contribution in [2.24, 2.45) is 0 Å². The average molecular weight is 310 g/mol. The van der Waals surface area contributed by atoms with Crippen LogP contribution in [0.15, 0.2) is 29.4 Å². The van der Waals surface area contributed by atoms with Gasteiger partial charge in [-0.05, 0) is 18.6 Å². The van der Waals surface area contributed by atoms with E-state index in [1.54, 1.807) is 6.07 Å². The Bertz CT molecular complexity index is 750. The second-order valence-electron chi connectivity index (χ2n) is 4.47. The molecule has 0 saturated heterocycles. The summed E-state index contributed by atoms with van der Waals surface area (Å²) < 4.78 is 37.2. The van der Waals surface area contributed by atoms with Crippen LogP contribution >= 0.6 is 0 Å². The van der Waals surface area contributed by atoms with Gasteiger partial charge in [0.25, 0.3) is 10.0 Å². The molecule has 0 N–H and O–H groups in total. The Morgan fingerprint density at radius 2 is 1.86 bits per heavy atom. The Morgan fingerprint density at radius 1 is 1.19 bits per heavy atom. The van der Waals surface area contributed by atoms with Crippen molar-refractivity contribution in [3.05, 3.63) is 35.9 Å². The molecule has 2 rings (SSSR count). The van der Waals surface area contributed by atoms with Gasteiger partial charge in [-0.15, -0.1) is 0 Å². The number of aromatic nitrogens is 2. The second-order valence-corrected chi connectivity index (χ2v) is 6.25. The van der Waals surface area contributed by atoms with Crippen LogP contribution in [0.25, 0.3) is 0 Å². The Morgan fingerprint density at radius 3 is 2.43 bits per heavy atom. The summed E-state index contributed by atoms with van der Waals surface area (Å²) in [5.41, 5.74) is 0.801. The zero-order valence-electron chi connectivity index (χ0n) is 12.5. The molecule has 0 aliphatic carbocycles. The van der Waals surface area contributed by atoms with Crippen molar-refractivity contribution in [1.82, 2.24) is 8.96 Å². The third kappa shape index (κ3) is 2.61. The van der Waals surface area contributed by atoms with Crippen LogP contribution in [0.2, 0.25) is 0 Å². The molecule has 0 aliphatic heterocycles. The number of methoxy groups -OCH3 is 2. The molecule has 6 nitrogen and oxygen atoms in total. The predicted molar refractivity (Wildman–Crippen MR) is 78.5 cm³/mol. The summed E-state index contributed by atoms with van der Waals surface area (Å²) in [5, 5.41) is 0. The summed E-state index contributed by atoms with van der Waals surface area (Å²) in [4.78, 5) is 4.11. The summed E-state index contributed by atoms with van der Waals surface area (Å²) >= 11 is 0. The molecular formula is C14H18N2O4S. The van der Waals surface area contributed by atoms with E-state index in [4.69, 9.17) is 9.47 Å². The smallest absolute Gasteiger partial charge is 0.272 e. The van der Waals surface area contributed by atoms with Gasteiger partial charge in [0.15, 0.2) is 0 Å². The van der Waals surface area contributed by atoms with Gasteiger partial charge in [0, 0.05) is 24.9 Å². The van der Waals surface area contributed by atoms with Gasteiger partial charge in [0.05, 0.1) is 14.2 Å². The van der Waals surface area contributed by atoms with E-state index in [1.165, 1.54) is 36.7 Å². The van der Waals surface area contributed by atoms with E-state index in [2.05, 4.69) is 4.98 Å². The molecule has 2 aromatic rings. The van der Waals surface area contributed by atoms with Crippen molar-refractivity contribution in [1.29, 1.82) is 0 Å². The van der Waals surface area contributed by atoms with Gasteiger partial charge in [-0.3, -0.25) is 0 Å². The van der Waals surface area contributed by atoms with Crippen LogP contribution in [-0.4, -0.2) is 31.6 Å². The fourth-order valence-electron chi connectivity index (χ4n) is 2.12. The number of benzene rings is 1. The predicted octanol–water partition coefficient (Wildman–Crippen LogP) is 2.01. The van der Waals surface area contributed by atoms with E-state index in [9.17, 15) is 8.42 Å². The molecular weight excluding hydrogens is 292 g/mol. The van der Waals surface area contributed by atoms with Crippen LogP contribution in [-0.2, 0) is 16.4 Å². The van der Waals surface area contributed by atoms with Crippen LogP contribution in [0, 0.1) is 6.92 Å². The lowest BCUT2D eigenvalue weighted by atomic mass is 10.2. The molecule has 21 heavy (non-hydrogen) atoms. The van der Waals surface area contributed by atoms with Gasteiger partial charge in [-0.1, -0.05) is 6.92 Å². The third-order valence-corrected chi connectivity index (χ3v) is 4.94. The number of rotatable bonds is 5. The Labute approximate surface area is 124 Å². The Kier molecular flexibility index (Phi) is 4.22. The number of ether oxygens (including phenoxy) is 2. The maximum absolute atomic E-state index is 12.8. The molecule has 0 atom stereocenters. The molecule has 1 aromatic heterocycles. The zero-order chi connectivity index (χ0) is 15.6. The number of imidazole rings is 1. The van der Waals surface area contributed by atoms with Crippen molar-refractivity contribution >= 4 is 10.0 Å². The van der Waals surface area contributed by atoms with Crippen molar-refractivity contribution in [2.45, 2.75) is 25.2 Å². The number of hydrogen-bond donors (Lipinski definition) is 0. The Balaban J connectivity index is 2.70. The molecule has 0 fully saturated rings. The normalized spacial score (nSPS) is 11.4. The van der Waals surface area contributed by atoms with Crippen LogP contribution in [0.5, 0.6) is 11.5 Å². The summed E-state index contributed by atoms with van der Waals surface area (Å²) in [6.07, 6.45) is 3.41. The topological polar surface area (TPSA) is 70.4 Å². The van der Waals surface area contributed by atoms with E-state index in [-0.39, 0.29) is 10.6 Å². The minimum absolute atomic E-state index is 0.0557. The maximum atomic E-state index is 12.8. The van der Waals surface area contributed by atoms with Crippen LogP contribution in [0.4, 0.5) is 0 Å². The maximum Gasteiger partial charge on any atom is 0.272 e. The van der Waals surface area contributed by atoms with Gasteiger partial charge >= 0.3 is 0 Å². The molecule has 0 bridgehead atoms. The third-order valence-electron chi connectivity index (χ3n) is 3.21. The largest absolute Gasteiger partial charge is 0.496 e. The highest BCUT2D eigenvalue weighted by atomic mass is 32.2. The lowest BCUT2D eigenvalue weighted by Gasteiger charge is -2.14. The molecule has 0 spiro atoms. The SMILES string of the molecule is CCc1nccn1S(=O)(=O)c1cc(OC)c(C)cc1OC. The summed E-state index contributed by atoms with van der Waals surface area (Å²) in [6, 6.07) is 3.12. The number of nitrogens with zero attached hydrogens (tertiary/aromatic N) is 2. The first-order valence-electron chi connectivity index (χ1n) is 6.46. The quantitative estimate of drug-likeness (QED) is 0.845.